The number of hydrogen-bond donors (Lipinski definition) is 1. The van der Waals surface area contributed by atoms with E-state index in [1.165, 1.54) is 5.69 Å². The van der Waals surface area contributed by atoms with Crippen LogP contribution in [-0.2, 0) is 6.54 Å². The van der Waals surface area contributed by atoms with E-state index in [1.807, 2.05) is 61.5 Å². The van der Waals surface area contributed by atoms with Crippen LogP contribution in [0.3, 0.4) is 0 Å². The first-order valence-electron chi connectivity index (χ1n) is 12.2. The molecule has 0 unspecified atom stereocenters. The molecule has 7 heteroatoms. The molecule has 3 heterocycles. The third kappa shape index (κ3) is 4.75. The van der Waals surface area contributed by atoms with E-state index in [0.717, 1.165) is 31.7 Å². The second-order valence-corrected chi connectivity index (χ2v) is 9.09. The van der Waals surface area contributed by atoms with Gasteiger partial charge in [0.25, 0.3) is 5.56 Å². The van der Waals surface area contributed by atoms with Crippen molar-refractivity contribution in [2.45, 2.75) is 19.5 Å². The van der Waals surface area contributed by atoms with Gasteiger partial charge in [-0.15, -0.1) is 0 Å². The van der Waals surface area contributed by atoms with E-state index in [4.69, 9.17) is 9.15 Å². The molecule has 0 amide bonds. The monoisotopic (exact) mass is 485 g/mol. The highest BCUT2D eigenvalue weighted by Crippen LogP contribution is 2.35. The summed E-state index contributed by atoms with van der Waals surface area (Å²) in [6, 6.07) is 23.0. The normalized spacial score (nSPS) is 15.1. The Labute approximate surface area is 210 Å². The van der Waals surface area contributed by atoms with Crippen molar-refractivity contribution in [3.63, 3.8) is 0 Å². The zero-order chi connectivity index (χ0) is 25.1. The second kappa shape index (κ2) is 10.3. The van der Waals surface area contributed by atoms with E-state index in [1.54, 1.807) is 24.0 Å². The number of aromatic hydroxyl groups is 1. The number of pyridine rings is 1. The van der Waals surface area contributed by atoms with Crippen molar-refractivity contribution in [2.24, 2.45) is 0 Å². The number of hydrogen-bond acceptors (Lipinski definition) is 6. The van der Waals surface area contributed by atoms with Gasteiger partial charge in [0.2, 0.25) is 0 Å². The van der Waals surface area contributed by atoms with Gasteiger partial charge in [0.15, 0.2) is 0 Å². The molecule has 1 saturated heterocycles. The molecule has 5 rings (SSSR count). The van der Waals surface area contributed by atoms with Crippen LogP contribution in [0.4, 0.5) is 5.69 Å². The molecule has 36 heavy (non-hydrogen) atoms. The average molecular weight is 486 g/mol. The molecule has 1 fully saturated rings. The van der Waals surface area contributed by atoms with Crippen LogP contribution in [0.25, 0.3) is 0 Å². The first-order valence-corrected chi connectivity index (χ1v) is 12.2. The van der Waals surface area contributed by atoms with E-state index in [9.17, 15) is 9.90 Å². The van der Waals surface area contributed by atoms with Crippen LogP contribution in [0.1, 0.15) is 28.6 Å². The molecule has 2 aromatic carbocycles. The molecule has 1 aliphatic heterocycles. The number of aryl methyl sites for hydroxylation is 1. The molecule has 0 spiro atoms. The lowest BCUT2D eigenvalue weighted by molar-refractivity contribution is 0.207. The number of anilines is 1. The van der Waals surface area contributed by atoms with E-state index >= 15 is 0 Å². The molecule has 0 bridgehead atoms. The summed E-state index contributed by atoms with van der Waals surface area (Å²) in [7, 11) is 1.63. The topological polar surface area (TPSA) is 71.1 Å². The third-order valence-electron chi connectivity index (χ3n) is 6.90. The van der Waals surface area contributed by atoms with E-state index in [2.05, 4.69) is 21.9 Å². The van der Waals surface area contributed by atoms with Gasteiger partial charge in [-0.05, 0) is 55.0 Å². The van der Waals surface area contributed by atoms with Crippen LogP contribution < -0.4 is 15.2 Å². The Morgan fingerprint density at radius 3 is 2.44 bits per heavy atom. The van der Waals surface area contributed by atoms with Crippen LogP contribution in [0.5, 0.6) is 11.5 Å². The Balaban J connectivity index is 1.55. The maximum absolute atomic E-state index is 13.9. The zero-order valence-corrected chi connectivity index (χ0v) is 20.6. The van der Waals surface area contributed by atoms with E-state index < -0.39 is 6.04 Å². The zero-order valence-electron chi connectivity index (χ0n) is 20.6. The van der Waals surface area contributed by atoms with Gasteiger partial charge in [0.1, 0.15) is 17.3 Å². The maximum Gasteiger partial charge on any atom is 0.260 e. The third-order valence-corrected chi connectivity index (χ3v) is 6.90. The van der Waals surface area contributed by atoms with E-state index in [0.29, 0.717) is 29.3 Å². The summed E-state index contributed by atoms with van der Waals surface area (Å²) in [6.07, 6.45) is 1.60. The lowest BCUT2D eigenvalue weighted by Crippen LogP contribution is -2.49. The minimum absolute atomic E-state index is 0.00602. The first-order chi connectivity index (χ1) is 17.5. The summed E-state index contributed by atoms with van der Waals surface area (Å²) in [5, 5.41) is 11.1. The van der Waals surface area contributed by atoms with Crippen LogP contribution in [0, 0.1) is 6.92 Å². The number of furan rings is 1. The number of aromatic nitrogens is 1. The van der Waals surface area contributed by atoms with Gasteiger partial charge in [-0.1, -0.05) is 30.3 Å². The molecular weight excluding hydrogens is 454 g/mol. The summed E-state index contributed by atoms with van der Waals surface area (Å²) in [4.78, 5) is 18.6. The lowest BCUT2D eigenvalue weighted by Gasteiger charge is -2.40. The predicted octanol–water partition coefficient (Wildman–Crippen LogP) is 4.42. The quantitative estimate of drug-likeness (QED) is 0.418. The van der Waals surface area contributed by atoms with Gasteiger partial charge in [-0.3, -0.25) is 9.69 Å². The summed E-state index contributed by atoms with van der Waals surface area (Å²) in [5.41, 5.74) is 2.92. The van der Waals surface area contributed by atoms with Crippen molar-refractivity contribution in [2.75, 3.05) is 38.2 Å². The summed E-state index contributed by atoms with van der Waals surface area (Å²) in [5.74, 6) is 1.40. The van der Waals surface area contributed by atoms with Crippen molar-refractivity contribution in [3.8, 4) is 11.5 Å². The lowest BCUT2D eigenvalue weighted by atomic mass is 9.95. The predicted molar refractivity (Wildman–Crippen MR) is 140 cm³/mol. The molecule has 186 valence electrons. The second-order valence-electron chi connectivity index (χ2n) is 9.09. The largest absolute Gasteiger partial charge is 0.507 e. The number of para-hydroxylation sites is 1. The Bertz CT molecular complexity index is 1360. The number of ether oxygens (including phenoxy) is 1. The smallest absolute Gasteiger partial charge is 0.260 e. The van der Waals surface area contributed by atoms with Gasteiger partial charge in [0, 0.05) is 37.6 Å². The molecule has 1 atom stereocenters. The van der Waals surface area contributed by atoms with Crippen molar-refractivity contribution >= 4 is 5.69 Å². The molecule has 7 nitrogen and oxygen atoms in total. The standard InChI is InChI=1S/C29H31N3O4/c1-21-18-26(33)27(29(34)32(21)20-25-12-7-17-36-25)28(22-8-6-11-24(19-22)35-2)31-15-13-30(14-16-31)23-9-4-3-5-10-23/h3-12,17-19,28,33H,13-16,20H2,1-2H3/t28-/m1/s1. The van der Waals surface area contributed by atoms with Crippen LogP contribution in [-0.4, -0.2) is 47.9 Å². The van der Waals surface area contributed by atoms with Crippen LogP contribution in [0.15, 0.2) is 88.3 Å². The molecular formula is C29H31N3O4. The molecule has 1 N–H and O–H groups in total. The Hall–Kier alpha value is -3.97. The average Bonchev–Trinajstić information content (AvgIpc) is 3.43. The summed E-state index contributed by atoms with van der Waals surface area (Å²) >= 11 is 0. The van der Waals surface area contributed by atoms with E-state index in [-0.39, 0.29) is 11.3 Å². The fraction of sp³-hybridized carbons (Fsp3) is 0.276. The number of rotatable bonds is 7. The maximum atomic E-state index is 13.9. The van der Waals surface area contributed by atoms with Crippen LogP contribution >= 0.6 is 0 Å². The van der Waals surface area contributed by atoms with Gasteiger partial charge < -0.3 is 23.7 Å². The molecule has 0 radical (unpaired) electrons. The highest BCUT2D eigenvalue weighted by Gasteiger charge is 2.32. The molecule has 0 aliphatic carbocycles. The number of benzene rings is 2. The highest BCUT2D eigenvalue weighted by atomic mass is 16.5. The fourth-order valence-corrected chi connectivity index (χ4v) is 5.03. The Morgan fingerprint density at radius 1 is 0.972 bits per heavy atom. The first kappa shape index (κ1) is 23.8. The highest BCUT2D eigenvalue weighted by molar-refractivity contribution is 5.47. The molecule has 0 saturated carbocycles. The number of nitrogens with zero attached hydrogens (tertiary/aromatic N) is 3. The van der Waals surface area contributed by atoms with Gasteiger partial charge in [0.05, 0.1) is 31.5 Å². The Morgan fingerprint density at radius 2 is 1.75 bits per heavy atom. The van der Waals surface area contributed by atoms with Gasteiger partial charge in [-0.25, -0.2) is 0 Å². The minimum Gasteiger partial charge on any atom is -0.507 e. The summed E-state index contributed by atoms with van der Waals surface area (Å²) < 4.78 is 12.7. The van der Waals surface area contributed by atoms with Crippen molar-refractivity contribution < 1.29 is 14.3 Å². The van der Waals surface area contributed by atoms with Crippen molar-refractivity contribution in [3.05, 3.63) is 112 Å². The molecule has 4 aromatic rings. The molecule has 2 aromatic heterocycles. The van der Waals surface area contributed by atoms with Crippen molar-refractivity contribution in [1.29, 1.82) is 0 Å². The SMILES string of the molecule is COc1cccc([C@H](c2c(O)cc(C)n(Cc3ccco3)c2=O)N2CCN(c3ccccc3)CC2)c1. The summed E-state index contributed by atoms with van der Waals surface area (Å²) in [6.45, 7) is 5.24. The molecule has 1 aliphatic rings. The Kier molecular flexibility index (Phi) is 6.82. The fourth-order valence-electron chi connectivity index (χ4n) is 5.03. The number of methoxy groups -OCH3 is 1. The number of piperazine rings is 1. The van der Waals surface area contributed by atoms with Crippen LogP contribution in [0.2, 0.25) is 0 Å². The van der Waals surface area contributed by atoms with Crippen molar-refractivity contribution in [1.82, 2.24) is 9.47 Å². The van der Waals surface area contributed by atoms with Gasteiger partial charge in [-0.2, -0.15) is 0 Å². The minimum atomic E-state index is -0.422. The van der Waals surface area contributed by atoms with Gasteiger partial charge >= 0.3 is 0 Å².